The molecule has 0 radical (unpaired) electrons. The van der Waals surface area contributed by atoms with Crippen molar-refractivity contribution in [1.29, 1.82) is 0 Å². The molecule has 0 saturated carbocycles. The zero-order valence-electron chi connectivity index (χ0n) is 21.5. The van der Waals surface area contributed by atoms with Gasteiger partial charge < -0.3 is 31.9 Å². The number of carbonyl (C=O) groups is 3. The van der Waals surface area contributed by atoms with Crippen LogP contribution in [0, 0.1) is 11.8 Å². The second-order valence-corrected chi connectivity index (χ2v) is 11.4. The van der Waals surface area contributed by atoms with Crippen LogP contribution in [0.3, 0.4) is 0 Å². The lowest BCUT2D eigenvalue weighted by Crippen LogP contribution is -2.63. The van der Waals surface area contributed by atoms with E-state index in [1.165, 1.54) is 4.90 Å². The van der Waals surface area contributed by atoms with Gasteiger partial charge >= 0.3 is 0 Å². The Bertz CT molecular complexity index is 1580. The van der Waals surface area contributed by atoms with Crippen LogP contribution in [0.5, 0.6) is 5.75 Å². The first-order chi connectivity index (χ1) is 18.7. The lowest BCUT2D eigenvalue weighted by Gasteiger charge is -2.50. The third-order valence-corrected chi connectivity index (χ3v) is 8.99. The third kappa shape index (κ3) is 3.78. The Morgan fingerprint density at radius 2 is 1.80 bits per heavy atom. The molecule has 210 valence electrons. The molecule has 12 heteroatoms. The van der Waals surface area contributed by atoms with Crippen LogP contribution in [0.25, 0.3) is 11.1 Å². The number of nitrogens with two attached hydrogens (primary N) is 2. The molecule has 2 aromatic rings. The van der Waals surface area contributed by atoms with Crippen LogP contribution in [0.4, 0.5) is 0 Å². The molecule has 3 aliphatic carbocycles. The van der Waals surface area contributed by atoms with Crippen LogP contribution < -0.4 is 11.5 Å². The normalized spacial score (nSPS) is 26.1. The van der Waals surface area contributed by atoms with E-state index in [2.05, 4.69) is 0 Å². The molecule has 2 aromatic carbocycles. The monoisotopic (exact) mass is 587 g/mol. The van der Waals surface area contributed by atoms with Crippen molar-refractivity contribution in [3.63, 3.8) is 0 Å². The Morgan fingerprint density at radius 3 is 2.38 bits per heavy atom. The number of aromatic hydroxyl groups is 1. The Balaban J connectivity index is 1.76. The van der Waals surface area contributed by atoms with Crippen molar-refractivity contribution >= 4 is 40.7 Å². The van der Waals surface area contributed by atoms with E-state index < -0.39 is 58.0 Å². The number of amides is 1. The number of likely N-dealkylation sites (N-methyl/N-ethyl adjacent to an activating group) is 1. The molecular weight excluding hydrogens is 561 g/mol. The largest absolute Gasteiger partial charge is 0.510 e. The zero-order valence-corrected chi connectivity index (χ0v) is 23.0. The number of fused-ring (bicyclic) bond motifs is 3. The number of hydrogen-bond acceptors (Lipinski definition) is 9. The molecule has 0 aliphatic heterocycles. The van der Waals surface area contributed by atoms with Crippen molar-refractivity contribution < 1.29 is 34.8 Å². The summed E-state index contributed by atoms with van der Waals surface area (Å²) in [5, 5.41) is 45.8. The van der Waals surface area contributed by atoms with Crippen LogP contribution >= 0.6 is 23.2 Å². The number of aliphatic hydroxyl groups is 3. The molecule has 1 amide bonds. The SMILES string of the molecule is CN(C)[C@H]1C(O)=C(C(N)=O)C(=O)[C@@]2(O)C(O)=C3C(=O)c4c(O)c(CN)cc(-c5ccc(Cl)c(Cl)c5)c4C[C@H]3C[C@@H]12. The van der Waals surface area contributed by atoms with Gasteiger partial charge in [-0.05, 0) is 67.7 Å². The number of benzene rings is 2. The van der Waals surface area contributed by atoms with Crippen LogP contribution in [0.15, 0.2) is 46.9 Å². The van der Waals surface area contributed by atoms with Gasteiger partial charge in [-0.15, -0.1) is 0 Å². The van der Waals surface area contributed by atoms with Crippen LogP contribution in [0.1, 0.15) is 27.9 Å². The first-order valence-corrected chi connectivity index (χ1v) is 13.2. The predicted molar refractivity (Wildman–Crippen MR) is 147 cm³/mol. The molecular formula is C28H27Cl2N3O7. The molecule has 0 aromatic heterocycles. The number of primary amides is 1. The topological polar surface area (TPSA) is 187 Å². The number of Topliss-reactive ketones (excluding diaryl/α,β-unsaturated/α-hetero) is 2. The number of halogens is 2. The Morgan fingerprint density at radius 1 is 1.12 bits per heavy atom. The quantitative estimate of drug-likeness (QED) is 0.292. The highest BCUT2D eigenvalue weighted by molar-refractivity contribution is 6.42. The molecule has 10 nitrogen and oxygen atoms in total. The Hall–Kier alpha value is -3.41. The Kier molecular flexibility index (Phi) is 6.75. The molecule has 8 N–H and O–H groups in total. The molecule has 0 saturated heterocycles. The molecule has 0 bridgehead atoms. The predicted octanol–water partition coefficient (Wildman–Crippen LogP) is 2.55. The van der Waals surface area contributed by atoms with Gasteiger partial charge in [-0.3, -0.25) is 19.3 Å². The van der Waals surface area contributed by atoms with Gasteiger partial charge in [-0.2, -0.15) is 0 Å². The molecule has 0 spiro atoms. The van der Waals surface area contributed by atoms with Gasteiger partial charge in [0, 0.05) is 23.6 Å². The average molecular weight is 588 g/mol. The minimum atomic E-state index is -2.71. The number of rotatable bonds is 4. The van der Waals surface area contributed by atoms with Gasteiger partial charge in [-0.25, -0.2) is 0 Å². The highest BCUT2D eigenvalue weighted by atomic mass is 35.5. The fraction of sp³-hybridized carbons (Fsp3) is 0.321. The average Bonchev–Trinajstić information content (AvgIpc) is 2.87. The van der Waals surface area contributed by atoms with Crippen molar-refractivity contribution in [1.82, 2.24) is 4.90 Å². The fourth-order valence-corrected chi connectivity index (χ4v) is 6.75. The van der Waals surface area contributed by atoms with Crippen LogP contribution in [-0.2, 0) is 22.6 Å². The number of aliphatic hydroxyl groups excluding tert-OH is 2. The fourth-order valence-electron chi connectivity index (χ4n) is 6.45. The lowest BCUT2D eigenvalue weighted by molar-refractivity contribution is -0.148. The van der Waals surface area contributed by atoms with Crippen LogP contribution in [-0.4, -0.2) is 68.5 Å². The van der Waals surface area contributed by atoms with Gasteiger partial charge in [0.25, 0.3) is 5.91 Å². The van der Waals surface area contributed by atoms with Crippen molar-refractivity contribution in [2.24, 2.45) is 23.3 Å². The summed E-state index contributed by atoms with van der Waals surface area (Å²) in [5.74, 6) is -7.13. The first-order valence-electron chi connectivity index (χ1n) is 12.4. The number of phenols is 1. The van der Waals surface area contributed by atoms with Gasteiger partial charge in [0.2, 0.25) is 5.78 Å². The summed E-state index contributed by atoms with van der Waals surface area (Å²) in [6.45, 7) is -0.115. The summed E-state index contributed by atoms with van der Waals surface area (Å²) in [5.41, 5.74) is 9.21. The molecule has 0 fully saturated rings. The summed E-state index contributed by atoms with van der Waals surface area (Å²) >= 11 is 12.4. The standard InChI is InChI=1S/C28H27Cl2N3O7/c1-33(2)21-15-7-11-5-14-13(10-3-4-16(29)17(30)8-10)6-12(9-31)22(34)19(14)23(35)18(11)25(37)28(15,40)26(38)20(24(21)36)27(32)39/h3-4,6,8,11,15,21,34,36-37,40H,5,7,9,31H2,1-2H3,(H2,32,39)/t11-,15-,21+,28-/m0/s1. The molecule has 0 unspecified atom stereocenters. The smallest absolute Gasteiger partial charge is 0.255 e. The summed E-state index contributed by atoms with van der Waals surface area (Å²) in [6.07, 6.45) is 0.106. The molecule has 0 heterocycles. The number of allylic oxidation sites excluding steroid dienone is 1. The third-order valence-electron chi connectivity index (χ3n) is 8.25. The summed E-state index contributed by atoms with van der Waals surface area (Å²) in [4.78, 5) is 41.1. The molecule has 40 heavy (non-hydrogen) atoms. The van der Waals surface area contributed by atoms with Crippen molar-refractivity contribution in [2.45, 2.75) is 31.0 Å². The van der Waals surface area contributed by atoms with E-state index in [1.54, 1.807) is 38.4 Å². The van der Waals surface area contributed by atoms with Gasteiger partial charge in [0.1, 0.15) is 22.8 Å². The van der Waals surface area contributed by atoms with Gasteiger partial charge in [-0.1, -0.05) is 29.3 Å². The maximum absolute atomic E-state index is 14.0. The summed E-state index contributed by atoms with van der Waals surface area (Å²) < 4.78 is 0. The van der Waals surface area contributed by atoms with Crippen molar-refractivity contribution in [3.8, 4) is 16.9 Å². The maximum atomic E-state index is 14.0. The second-order valence-electron chi connectivity index (χ2n) is 10.6. The number of ketones is 2. The zero-order chi connectivity index (χ0) is 29.4. The van der Waals surface area contributed by atoms with Crippen molar-refractivity contribution in [3.05, 3.63) is 73.7 Å². The molecule has 4 atom stereocenters. The highest BCUT2D eigenvalue weighted by Gasteiger charge is 2.63. The van der Waals surface area contributed by atoms with E-state index in [-0.39, 0.29) is 46.9 Å². The van der Waals surface area contributed by atoms with E-state index in [9.17, 15) is 34.8 Å². The molecule has 5 rings (SSSR count). The summed E-state index contributed by atoms with van der Waals surface area (Å²) in [7, 11) is 3.14. The number of carbonyl (C=O) groups excluding carboxylic acids is 3. The summed E-state index contributed by atoms with van der Waals surface area (Å²) in [6, 6.07) is 5.52. The lowest BCUT2D eigenvalue weighted by atomic mass is 9.58. The van der Waals surface area contributed by atoms with Crippen LogP contribution in [0.2, 0.25) is 10.0 Å². The van der Waals surface area contributed by atoms with E-state index >= 15 is 0 Å². The van der Waals surface area contributed by atoms with E-state index in [0.717, 1.165) is 0 Å². The maximum Gasteiger partial charge on any atom is 0.255 e. The number of nitrogens with zero attached hydrogens (tertiary/aromatic N) is 1. The van der Waals surface area contributed by atoms with E-state index in [1.807, 2.05) is 0 Å². The minimum absolute atomic E-state index is 0.0218. The first kappa shape index (κ1) is 28.1. The van der Waals surface area contributed by atoms with E-state index in [4.69, 9.17) is 34.7 Å². The molecule has 3 aliphatic rings. The number of hydrogen-bond donors (Lipinski definition) is 6. The minimum Gasteiger partial charge on any atom is -0.510 e. The number of phenolic OH excluding ortho intramolecular Hbond substituents is 1. The van der Waals surface area contributed by atoms with Gasteiger partial charge in [0.05, 0.1) is 21.7 Å². The van der Waals surface area contributed by atoms with E-state index in [0.29, 0.717) is 21.7 Å². The highest BCUT2D eigenvalue weighted by Crippen LogP contribution is 2.53. The Labute approximate surface area is 239 Å². The second kappa shape index (κ2) is 9.60. The van der Waals surface area contributed by atoms with Gasteiger partial charge in [0.15, 0.2) is 11.4 Å². The van der Waals surface area contributed by atoms with Crippen molar-refractivity contribution in [2.75, 3.05) is 14.1 Å².